The third-order valence-corrected chi connectivity index (χ3v) is 7.46. The van der Waals surface area contributed by atoms with Crippen molar-refractivity contribution < 1.29 is 23.6 Å². The number of carbonyl (C=O) groups excluding carboxylic acids is 2. The Morgan fingerprint density at radius 3 is 2.56 bits per heavy atom. The maximum Gasteiger partial charge on any atom is 0.261 e. The van der Waals surface area contributed by atoms with Crippen LogP contribution >= 0.6 is 0 Å². The first-order chi connectivity index (χ1) is 20.9. The van der Waals surface area contributed by atoms with Crippen molar-refractivity contribution in [2.45, 2.75) is 33.4 Å². The summed E-state index contributed by atoms with van der Waals surface area (Å²) >= 11 is 0. The molecule has 0 radical (unpaired) electrons. The molecule has 0 N–H and O–H groups in total. The molecule has 2 amide bonds. The normalized spacial score (nSPS) is 14.5. The van der Waals surface area contributed by atoms with E-state index < -0.39 is 0 Å². The van der Waals surface area contributed by atoms with E-state index in [2.05, 4.69) is 21.1 Å². The van der Waals surface area contributed by atoms with Gasteiger partial charge in [-0.05, 0) is 54.8 Å². The number of nitrogens with zero attached hydrogens (tertiary/aromatic N) is 5. The van der Waals surface area contributed by atoms with Crippen molar-refractivity contribution in [1.29, 1.82) is 0 Å². The largest absolute Gasteiger partial charge is 0.497 e. The lowest BCUT2D eigenvalue weighted by Crippen LogP contribution is -2.40. The minimum atomic E-state index is -0.168. The van der Waals surface area contributed by atoms with Crippen molar-refractivity contribution in [3.8, 4) is 23.0 Å². The fourth-order valence-electron chi connectivity index (χ4n) is 5.27. The number of ether oxygens (including phenoxy) is 2. The number of hydrogen-bond acceptors (Lipinski definition) is 8. The average Bonchev–Trinajstić information content (AvgIpc) is 3.44. The number of hydrogen-bond donors (Lipinski definition) is 0. The summed E-state index contributed by atoms with van der Waals surface area (Å²) in [7, 11) is 1.66. The van der Waals surface area contributed by atoms with Gasteiger partial charge in [-0.25, -0.2) is 0 Å². The molecule has 0 atom stereocenters. The summed E-state index contributed by atoms with van der Waals surface area (Å²) in [4.78, 5) is 36.8. The zero-order valence-electron chi connectivity index (χ0n) is 24.9. The van der Waals surface area contributed by atoms with Gasteiger partial charge in [0, 0.05) is 51.9 Å². The molecule has 1 aromatic heterocycles. The molecule has 224 valence electrons. The number of para-hydroxylation sites is 2. The summed E-state index contributed by atoms with van der Waals surface area (Å²) in [6, 6.07) is 23.1. The Bertz CT molecular complexity index is 1550. The van der Waals surface area contributed by atoms with Gasteiger partial charge in [-0.2, -0.15) is 4.98 Å². The monoisotopic (exact) mass is 583 g/mol. The van der Waals surface area contributed by atoms with Gasteiger partial charge in [0.2, 0.25) is 5.91 Å². The van der Waals surface area contributed by atoms with E-state index in [1.165, 1.54) is 0 Å². The number of anilines is 1. The molecule has 10 heteroatoms. The Morgan fingerprint density at radius 1 is 0.953 bits per heavy atom. The third-order valence-electron chi connectivity index (χ3n) is 7.46. The fraction of sp³-hybridized carbons (Fsp3) is 0.333. The highest BCUT2D eigenvalue weighted by atomic mass is 16.5. The lowest BCUT2D eigenvalue weighted by atomic mass is 10.1. The number of benzene rings is 3. The Balaban J connectivity index is 1.39. The summed E-state index contributed by atoms with van der Waals surface area (Å²) in [5.41, 5.74) is 3.48. The van der Waals surface area contributed by atoms with Crippen LogP contribution in [0.5, 0.6) is 11.5 Å². The molecule has 0 bridgehead atoms. The Labute approximate surface area is 251 Å². The second-order valence-corrected chi connectivity index (χ2v) is 10.5. The van der Waals surface area contributed by atoms with Crippen LogP contribution in [0.2, 0.25) is 0 Å². The number of rotatable bonds is 7. The smallest absolute Gasteiger partial charge is 0.261 e. The van der Waals surface area contributed by atoms with Gasteiger partial charge in [-0.3, -0.25) is 14.5 Å². The topological polar surface area (TPSA) is 101 Å². The number of amides is 2. The van der Waals surface area contributed by atoms with Crippen LogP contribution in [-0.2, 0) is 22.7 Å². The molecule has 0 saturated carbocycles. The van der Waals surface area contributed by atoms with Gasteiger partial charge in [-0.1, -0.05) is 47.6 Å². The molecular weight excluding hydrogens is 546 g/mol. The van der Waals surface area contributed by atoms with Crippen molar-refractivity contribution in [3.05, 3.63) is 89.7 Å². The number of carbonyl (C=O) groups is 2. The maximum absolute atomic E-state index is 13.8. The Kier molecular flexibility index (Phi) is 9.68. The summed E-state index contributed by atoms with van der Waals surface area (Å²) in [6.45, 7) is 6.70. The van der Waals surface area contributed by atoms with E-state index in [9.17, 15) is 9.59 Å². The lowest BCUT2D eigenvalue weighted by Gasteiger charge is -2.28. The predicted octanol–water partition coefficient (Wildman–Crippen LogP) is 4.72. The molecule has 2 heterocycles. The molecule has 1 aliphatic heterocycles. The van der Waals surface area contributed by atoms with Crippen LogP contribution in [0.25, 0.3) is 11.5 Å². The second-order valence-electron chi connectivity index (χ2n) is 10.5. The van der Waals surface area contributed by atoms with E-state index in [4.69, 9.17) is 14.0 Å². The minimum absolute atomic E-state index is 0.0277. The van der Waals surface area contributed by atoms with Gasteiger partial charge in [-0.15, -0.1) is 0 Å². The van der Waals surface area contributed by atoms with Gasteiger partial charge >= 0.3 is 0 Å². The lowest BCUT2D eigenvalue weighted by molar-refractivity contribution is -0.134. The second kappa shape index (κ2) is 14.0. The molecule has 4 aromatic rings. The quantitative estimate of drug-likeness (QED) is 0.308. The average molecular weight is 584 g/mol. The zero-order valence-corrected chi connectivity index (χ0v) is 24.9. The number of fused-ring (bicyclic) bond motifs is 1. The molecule has 3 aromatic carbocycles. The molecule has 0 fully saturated rings. The van der Waals surface area contributed by atoms with Gasteiger partial charge in [0.1, 0.15) is 11.5 Å². The number of methoxy groups -OCH3 is 1. The van der Waals surface area contributed by atoms with E-state index in [0.29, 0.717) is 55.8 Å². The molecule has 0 unspecified atom stereocenters. The van der Waals surface area contributed by atoms with E-state index in [0.717, 1.165) is 35.5 Å². The molecule has 43 heavy (non-hydrogen) atoms. The van der Waals surface area contributed by atoms with Crippen LogP contribution in [0.1, 0.15) is 30.3 Å². The number of aryl methyl sites for hydroxylation is 1. The maximum atomic E-state index is 13.8. The fourth-order valence-corrected chi connectivity index (χ4v) is 5.27. The predicted molar refractivity (Wildman–Crippen MR) is 163 cm³/mol. The van der Waals surface area contributed by atoms with Crippen molar-refractivity contribution in [3.63, 3.8) is 0 Å². The van der Waals surface area contributed by atoms with Crippen molar-refractivity contribution in [2.24, 2.45) is 0 Å². The van der Waals surface area contributed by atoms with Crippen LogP contribution in [-0.4, -0.2) is 71.7 Å². The van der Waals surface area contributed by atoms with Gasteiger partial charge in [0.25, 0.3) is 11.8 Å². The van der Waals surface area contributed by atoms with Gasteiger partial charge in [0.15, 0.2) is 12.4 Å². The van der Waals surface area contributed by atoms with Crippen LogP contribution in [0.3, 0.4) is 0 Å². The third kappa shape index (κ3) is 7.58. The van der Waals surface area contributed by atoms with E-state index in [1.54, 1.807) is 31.9 Å². The van der Waals surface area contributed by atoms with E-state index in [-0.39, 0.29) is 18.4 Å². The van der Waals surface area contributed by atoms with Crippen molar-refractivity contribution in [1.82, 2.24) is 19.9 Å². The van der Waals surface area contributed by atoms with Crippen LogP contribution in [0, 0.1) is 6.92 Å². The summed E-state index contributed by atoms with van der Waals surface area (Å²) < 4.78 is 16.8. The molecule has 1 aliphatic rings. The van der Waals surface area contributed by atoms with Crippen molar-refractivity contribution >= 4 is 17.5 Å². The summed E-state index contributed by atoms with van der Waals surface area (Å²) in [5, 5.41) is 3.88. The molecule has 5 rings (SSSR count). The molecule has 0 aliphatic carbocycles. The highest BCUT2D eigenvalue weighted by Crippen LogP contribution is 2.29. The van der Waals surface area contributed by atoms with Crippen LogP contribution in [0.4, 0.5) is 5.69 Å². The first-order valence-corrected chi connectivity index (χ1v) is 14.4. The Morgan fingerprint density at radius 2 is 1.77 bits per heavy atom. The van der Waals surface area contributed by atoms with Crippen LogP contribution < -0.4 is 14.4 Å². The zero-order chi connectivity index (χ0) is 30.2. The molecule has 0 saturated heterocycles. The summed E-state index contributed by atoms with van der Waals surface area (Å²) in [5.74, 6) is 1.95. The Hall–Kier alpha value is -4.70. The van der Waals surface area contributed by atoms with E-state index >= 15 is 0 Å². The molecule has 0 spiro atoms. The molecule has 10 nitrogen and oxygen atoms in total. The SMILES string of the molecule is COc1cccc(CN2CCCN(C(C)=O)c3ccccc3CN(C(=O)COc3ccccc3-c3nc(C)no3)CC2)c1. The highest BCUT2D eigenvalue weighted by molar-refractivity contribution is 5.92. The highest BCUT2D eigenvalue weighted by Gasteiger charge is 2.23. The standard InChI is InChI=1S/C33H37N5O5/c1-24-34-33(43-35-24)29-13-5-7-15-31(29)42-23-32(40)37-19-18-36(21-26-10-8-12-28(20-26)41-3)16-9-17-38(25(2)39)30-14-6-4-11-27(30)22-37/h4-8,10-15,20H,9,16-19,21-23H2,1-3H3. The number of aromatic nitrogens is 2. The van der Waals surface area contributed by atoms with Gasteiger partial charge < -0.3 is 23.8 Å². The van der Waals surface area contributed by atoms with Crippen LogP contribution in [0.15, 0.2) is 77.3 Å². The molecular formula is C33H37N5O5. The van der Waals surface area contributed by atoms with E-state index in [1.807, 2.05) is 65.6 Å². The van der Waals surface area contributed by atoms with Gasteiger partial charge in [0.05, 0.1) is 12.7 Å². The summed E-state index contributed by atoms with van der Waals surface area (Å²) in [6.07, 6.45) is 0.793. The first kappa shape index (κ1) is 29.8. The minimum Gasteiger partial charge on any atom is -0.497 e. The first-order valence-electron chi connectivity index (χ1n) is 14.4. The van der Waals surface area contributed by atoms with Crippen molar-refractivity contribution in [2.75, 3.05) is 44.8 Å².